The zero-order chi connectivity index (χ0) is 13.8. The Morgan fingerprint density at radius 2 is 1.50 bits per heavy atom. The van der Waals surface area contributed by atoms with Gasteiger partial charge < -0.3 is 5.73 Å². The highest BCUT2D eigenvalue weighted by molar-refractivity contribution is 5.97. The third-order valence-corrected chi connectivity index (χ3v) is 3.37. The summed E-state index contributed by atoms with van der Waals surface area (Å²) in [4.78, 5) is 4.51. The van der Waals surface area contributed by atoms with Gasteiger partial charge in [0.25, 0.3) is 0 Å². The van der Waals surface area contributed by atoms with E-state index in [-0.39, 0.29) is 0 Å². The first-order valence-electron chi connectivity index (χ1n) is 6.66. The van der Waals surface area contributed by atoms with E-state index in [4.69, 9.17) is 5.73 Å². The van der Waals surface area contributed by atoms with Gasteiger partial charge in [0.1, 0.15) is 5.84 Å². The van der Waals surface area contributed by atoms with Crippen molar-refractivity contribution in [3.8, 4) is 0 Å². The van der Waals surface area contributed by atoms with Crippen molar-refractivity contribution >= 4 is 16.6 Å². The Balaban J connectivity index is 1.91. The maximum absolute atomic E-state index is 6.04. The molecule has 2 heteroatoms. The van der Waals surface area contributed by atoms with Gasteiger partial charge in [0.15, 0.2) is 0 Å². The molecule has 0 saturated heterocycles. The Morgan fingerprint density at radius 3 is 2.35 bits per heavy atom. The summed E-state index contributed by atoms with van der Waals surface area (Å²) in [6, 6.07) is 24.5. The van der Waals surface area contributed by atoms with Crippen LogP contribution in [-0.4, -0.2) is 5.84 Å². The molecule has 0 aliphatic heterocycles. The second kappa shape index (κ2) is 5.57. The molecule has 2 N–H and O–H groups in total. The smallest absolute Gasteiger partial charge is 0.125 e. The number of hydrogen-bond donors (Lipinski definition) is 1. The largest absolute Gasteiger partial charge is 0.383 e. The number of rotatable bonds is 3. The van der Waals surface area contributed by atoms with E-state index < -0.39 is 0 Å². The van der Waals surface area contributed by atoms with Crippen molar-refractivity contribution in [2.45, 2.75) is 6.54 Å². The molecule has 3 rings (SSSR count). The van der Waals surface area contributed by atoms with Gasteiger partial charge in [0.2, 0.25) is 0 Å². The third kappa shape index (κ3) is 2.54. The van der Waals surface area contributed by atoms with Gasteiger partial charge in [-0.25, -0.2) is 0 Å². The number of fused-ring (bicyclic) bond motifs is 1. The Kier molecular flexibility index (Phi) is 3.46. The summed E-state index contributed by atoms with van der Waals surface area (Å²) < 4.78 is 0. The summed E-state index contributed by atoms with van der Waals surface area (Å²) in [6.07, 6.45) is 0. The van der Waals surface area contributed by atoms with Crippen molar-refractivity contribution < 1.29 is 0 Å². The van der Waals surface area contributed by atoms with Gasteiger partial charge in [-0.2, -0.15) is 0 Å². The van der Waals surface area contributed by atoms with Crippen molar-refractivity contribution in [2.24, 2.45) is 10.7 Å². The van der Waals surface area contributed by atoms with Gasteiger partial charge >= 0.3 is 0 Å². The lowest BCUT2D eigenvalue weighted by Crippen LogP contribution is -2.13. The zero-order valence-electron chi connectivity index (χ0n) is 11.2. The minimum atomic E-state index is 0.582. The van der Waals surface area contributed by atoms with Crippen molar-refractivity contribution in [3.63, 3.8) is 0 Å². The van der Waals surface area contributed by atoms with Gasteiger partial charge in [0.05, 0.1) is 6.54 Å². The van der Waals surface area contributed by atoms with Crippen molar-refractivity contribution in [1.82, 2.24) is 0 Å². The molecule has 3 aromatic carbocycles. The highest BCUT2D eigenvalue weighted by atomic mass is 14.8. The van der Waals surface area contributed by atoms with E-state index >= 15 is 0 Å². The van der Waals surface area contributed by atoms with Crippen molar-refractivity contribution in [2.75, 3.05) is 0 Å². The molecule has 0 bridgehead atoms. The molecule has 0 atom stereocenters. The molecule has 0 amide bonds. The molecular weight excluding hydrogens is 244 g/mol. The number of hydrogen-bond acceptors (Lipinski definition) is 1. The van der Waals surface area contributed by atoms with E-state index in [1.807, 2.05) is 36.4 Å². The molecule has 98 valence electrons. The van der Waals surface area contributed by atoms with Gasteiger partial charge in [-0.1, -0.05) is 72.8 Å². The van der Waals surface area contributed by atoms with E-state index in [0.29, 0.717) is 12.4 Å². The highest BCUT2D eigenvalue weighted by Gasteiger charge is 2.00. The molecule has 3 aromatic rings. The number of aliphatic imine (C=N–C) groups is 1. The molecule has 0 radical (unpaired) electrons. The first kappa shape index (κ1) is 12.4. The van der Waals surface area contributed by atoms with Crippen LogP contribution in [0.25, 0.3) is 10.8 Å². The molecule has 0 aliphatic carbocycles. The van der Waals surface area contributed by atoms with Crippen LogP contribution >= 0.6 is 0 Å². The monoisotopic (exact) mass is 260 g/mol. The summed E-state index contributed by atoms with van der Waals surface area (Å²) in [7, 11) is 0. The normalized spacial score (nSPS) is 11.7. The summed E-state index contributed by atoms with van der Waals surface area (Å²) in [5, 5.41) is 2.47. The minimum absolute atomic E-state index is 0.582. The molecule has 0 aliphatic rings. The van der Waals surface area contributed by atoms with Crippen LogP contribution < -0.4 is 5.73 Å². The number of nitrogens with zero attached hydrogens (tertiary/aromatic N) is 1. The second-order valence-electron chi connectivity index (χ2n) is 4.71. The molecule has 0 saturated carbocycles. The fraction of sp³-hybridized carbons (Fsp3) is 0.0556. The maximum Gasteiger partial charge on any atom is 0.125 e. The Labute approximate surface area is 118 Å². The highest BCUT2D eigenvalue weighted by Crippen LogP contribution is 2.19. The van der Waals surface area contributed by atoms with E-state index in [9.17, 15) is 0 Å². The lowest BCUT2D eigenvalue weighted by atomic mass is 10.0. The quantitative estimate of drug-likeness (QED) is 0.565. The summed E-state index contributed by atoms with van der Waals surface area (Å²) in [6.45, 7) is 0.599. The zero-order valence-corrected chi connectivity index (χ0v) is 11.2. The van der Waals surface area contributed by atoms with E-state index in [1.54, 1.807) is 0 Å². The molecule has 0 spiro atoms. The van der Waals surface area contributed by atoms with Gasteiger partial charge in [0, 0.05) is 5.56 Å². The molecule has 0 fully saturated rings. The van der Waals surface area contributed by atoms with Crippen LogP contribution in [0.3, 0.4) is 0 Å². The van der Waals surface area contributed by atoms with E-state index in [1.165, 1.54) is 16.3 Å². The average molecular weight is 260 g/mol. The molecule has 2 nitrogen and oxygen atoms in total. The molecule has 0 heterocycles. The van der Waals surface area contributed by atoms with Crippen molar-refractivity contribution in [1.29, 1.82) is 0 Å². The van der Waals surface area contributed by atoms with Crippen LogP contribution in [0.1, 0.15) is 11.1 Å². The van der Waals surface area contributed by atoms with Crippen LogP contribution in [0, 0.1) is 0 Å². The standard InChI is InChI=1S/C18H16N2/c19-18(15-8-2-1-3-9-15)20-13-16-11-6-10-14-7-4-5-12-17(14)16/h1-12H,13H2,(H2,19,20). The van der Waals surface area contributed by atoms with Crippen LogP contribution in [-0.2, 0) is 6.54 Å². The Morgan fingerprint density at radius 1 is 0.800 bits per heavy atom. The molecule has 0 unspecified atom stereocenters. The second-order valence-corrected chi connectivity index (χ2v) is 4.71. The predicted molar refractivity (Wildman–Crippen MR) is 84.8 cm³/mol. The number of amidine groups is 1. The van der Waals surface area contributed by atoms with Crippen LogP contribution in [0.15, 0.2) is 77.8 Å². The Bertz CT molecular complexity index is 740. The van der Waals surface area contributed by atoms with Gasteiger partial charge in [-0.05, 0) is 16.3 Å². The average Bonchev–Trinajstić information content (AvgIpc) is 2.53. The molecular formula is C18H16N2. The van der Waals surface area contributed by atoms with E-state index in [2.05, 4.69) is 41.4 Å². The summed E-state index contributed by atoms with van der Waals surface area (Å²) in [5.74, 6) is 0.582. The maximum atomic E-state index is 6.04. The fourth-order valence-electron chi connectivity index (χ4n) is 2.30. The van der Waals surface area contributed by atoms with Crippen LogP contribution in [0.2, 0.25) is 0 Å². The summed E-state index contributed by atoms with van der Waals surface area (Å²) >= 11 is 0. The molecule has 0 aromatic heterocycles. The van der Waals surface area contributed by atoms with Crippen LogP contribution in [0.5, 0.6) is 0 Å². The number of nitrogens with two attached hydrogens (primary N) is 1. The molecule has 20 heavy (non-hydrogen) atoms. The lowest BCUT2D eigenvalue weighted by molar-refractivity contribution is 1.08. The topological polar surface area (TPSA) is 38.4 Å². The first-order chi connectivity index (χ1) is 9.84. The first-order valence-corrected chi connectivity index (χ1v) is 6.66. The minimum Gasteiger partial charge on any atom is -0.383 e. The fourth-order valence-corrected chi connectivity index (χ4v) is 2.30. The van der Waals surface area contributed by atoms with E-state index in [0.717, 1.165) is 5.56 Å². The predicted octanol–water partition coefficient (Wildman–Crippen LogP) is 3.75. The lowest BCUT2D eigenvalue weighted by Gasteiger charge is -2.05. The van der Waals surface area contributed by atoms with Gasteiger partial charge in [-0.3, -0.25) is 4.99 Å². The SMILES string of the molecule is NC(=NCc1cccc2ccccc12)c1ccccc1. The van der Waals surface area contributed by atoms with Crippen LogP contribution in [0.4, 0.5) is 0 Å². The van der Waals surface area contributed by atoms with Crippen molar-refractivity contribution in [3.05, 3.63) is 83.9 Å². The van der Waals surface area contributed by atoms with Gasteiger partial charge in [-0.15, -0.1) is 0 Å². The summed E-state index contributed by atoms with van der Waals surface area (Å²) in [5.41, 5.74) is 8.20. The number of benzene rings is 3. The Hall–Kier alpha value is -2.61. The third-order valence-electron chi connectivity index (χ3n) is 3.37.